The highest BCUT2D eigenvalue weighted by Crippen LogP contribution is 2.33. The number of piperazine rings is 1. The summed E-state index contributed by atoms with van der Waals surface area (Å²) in [6.45, 7) is 4.71. The van der Waals surface area contributed by atoms with Gasteiger partial charge in [-0.25, -0.2) is 0 Å². The average molecular weight is 496 g/mol. The first kappa shape index (κ1) is 23.1. The molecule has 176 valence electrons. The van der Waals surface area contributed by atoms with Gasteiger partial charge in [-0.15, -0.1) is 5.10 Å². The summed E-state index contributed by atoms with van der Waals surface area (Å²) in [5, 5.41) is 22.8. The second-order valence-electron chi connectivity index (χ2n) is 8.73. The molecule has 1 unspecified atom stereocenters. The Bertz CT molecular complexity index is 1270. The van der Waals surface area contributed by atoms with E-state index in [1.54, 1.807) is 6.07 Å². The van der Waals surface area contributed by atoms with Crippen molar-refractivity contribution in [1.29, 1.82) is 0 Å². The lowest BCUT2D eigenvalue weighted by molar-refractivity contribution is 0.0973. The van der Waals surface area contributed by atoms with Crippen molar-refractivity contribution in [2.75, 3.05) is 37.6 Å². The van der Waals surface area contributed by atoms with Crippen LogP contribution in [0.25, 0.3) is 22.0 Å². The van der Waals surface area contributed by atoms with E-state index in [0.717, 1.165) is 43.1 Å². The van der Waals surface area contributed by atoms with Gasteiger partial charge in [-0.1, -0.05) is 70.9 Å². The number of aliphatic hydroxyl groups excluding tert-OH is 1. The second kappa shape index (κ2) is 10.3. The molecule has 6 nitrogen and oxygen atoms in total. The summed E-state index contributed by atoms with van der Waals surface area (Å²) < 4.78 is 1.81. The van der Waals surface area contributed by atoms with Crippen molar-refractivity contribution < 1.29 is 5.11 Å². The molecule has 0 bridgehead atoms. The third-order valence-electron chi connectivity index (χ3n) is 6.39. The smallest absolute Gasteiger partial charge is 0.113 e. The van der Waals surface area contributed by atoms with Crippen molar-refractivity contribution in [2.24, 2.45) is 0 Å². The molecule has 2 heterocycles. The maximum absolute atomic E-state index is 10.6. The molecule has 0 amide bonds. The van der Waals surface area contributed by atoms with Gasteiger partial charge in [-0.2, -0.15) is 0 Å². The molecule has 1 aromatic heterocycles. The normalized spacial score (nSPS) is 15.7. The van der Waals surface area contributed by atoms with Crippen LogP contribution in [0.5, 0.6) is 0 Å². The Morgan fingerprint density at radius 2 is 1.71 bits per heavy atom. The lowest BCUT2D eigenvalue weighted by Crippen LogP contribution is -2.48. The minimum absolute atomic E-state index is 0.422. The van der Waals surface area contributed by atoms with Gasteiger partial charge in [-0.05, 0) is 35.4 Å². The molecule has 34 heavy (non-hydrogen) atoms. The largest absolute Gasteiger partial charge is 0.392 e. The van der Waals surface area contributed by atoms with E-state index in [0.29, 0.717) is 29.6 Å². The van der Waals surface area contributed by atoms with E-state index in [-0.39, 0.29) is 0 Å². The van der Waals surface area contributed by atoms with Crippen LogP contribution in [0.4, 0.5) is 5.69 Å². The Kier molecular flexibility index (Phi) is 7.02. The first-order chi connectivity index (χ1) is 16.6. The number of β-amino-alcohol motifs (C(OH)–C–C–N with tert-alkyl or cyclic N) is 1. The van der Waals surface area contributed by atoms with Crippen LogP contribution >= 0.6 is 23.2 Å². The topological polar surface area (TPSA) is 57.4 Å². The molecule has 1 aliphatic rings. The van der Waals surface area contributed by atoms with Crippen LogP contribution in [0, 0.1) is 0 Å². The molecule has 1 saturated heterocycles. The SMILES string of the molecule is OC(CCn1cc(-c2ccc3ccccc3c2)nn1)CN1CCN(c2cccc(Cl)c2Cl)CC1. The van der Waals surface area contributed by atoms with Crippen LogP contribution in [-0.2, 0) is 6.54 Å². The molecule has 0 aliphatic carbocycles. The van der Waals surface area contributed by atoms with Gasteiger partial charge in [0, 0.05) is 44.8 Å². The van der Waals surface area contributed by atoms with E-state index in [1.807, 2.05) is 35.1 Å². The highest BCUT2D eigenvalue weighted by Gasteiger charge is 2.21. The number of anilines is 1. The molecule has 1 N–H and O–H groups in total. The molecule has 8 heteroatoms. The van der Waals surface area contributed by atoms with Crippen LogP contribution in [0.2, 0.25) is 10.0 Å². The van der Waals surface area contributed by atoms with Crippen LogP contribution in [0.1, 0.15) is 6.42 Å². The summed E-state index contributed by atoms with van der Waals surface area (Å²) in [5.41, 5.74) is 2.86. The highest BCUT2D eigenvalue weighted by molar-refractivity contribution is 6.43. The van der Waals surface area contributed by atoms with Crippen LogP contribution in [-0.4, -0.2) is 63.8 Å². The summed E-state index contributed by atoms with van der Waals surface area (Å²) in [6, 6.07) is 20.3. The van der Waals surface area contributed by atoms with Gasteiger partial charge in [0.1, 0.15) is 5.69 Å². The van der Waals surface area contributed by atoms with Crippen molar-refractivity contribution >= 4 is 39.7 Å². The fourth-order valence-corrected chi connectivity index (χ4v) is 4.88. The van der Waals surface area contributed by atoms with Gasteiger partial charge in [0.25, 0.3) is 0 Å². The van der Waals surface area contributed by atoms with E-state index in [2.05, 4.69) is 50.4 Å². The third-order valence-corrected chi connectivity index (χ3v) is 7.20. The fourth-order valence-electron chi connectivity index (χ4n) is 4.47. The second-order valence-corrected chi connectivity index (χ2v) is 9.52. The van der Waals surface area contributed by atoms with E-state index in [9.17, 15) is 5.11 Å². The van der Waals surface area contributed by atoms with Gasteiger partial charge in [0.15, 0.2) is 0 Å². The zero-order valence-corrected chi connectivity index (χ0v) is 20.3. The number of aryl methyl sites for hydroxylation is 1. The van der Waals surface area contributed by atoms with Gasteiger partial charge in [0.2, 0.25) is 0 Å². The number of hydrogen-bond donors (Lipinski definition) is 1. The van der Waals surface area contributed by atoms with Gasteiger partial charge >= 0.3 is 0 Å². The number of nitrogens with zero attached hydrogens (tertiary/aromatic N) is 5. The Balaban J connectivity index is 1.11. The van der Waals surface area contributed by atoms with Gasteiger partial charge in [-0.3, -0.25) is 9.58 Å². The standard InChI is InChI=1S/C26H27Cl2N5O/c27-23-6-3-7-25(26(23)28)32-14-12-31(13-15-32)17-22(34)10-11-33-18-24(29-30-33)21-9-8-19-4-1-2-5-20(19)16-21/h1-9,16,18,22,34H,10-15,17H2. The van der Waals surface area contributed by atoms with Crippen molar-refractivity contribution in [3.63, 3.8) is 0 Å². The van der Waals surface area contributed by atoms with Crippen molar-refractivity contribution in [1.82, 2.24) is 19.9 Å². The maximum Gasteiger partial charge on any atom is 0.113 e. The predicted molar refractivity (Wildman–Crippen MR) is 139 cm³/mol. The molecule has 3 aromatic carbocycles. The quantitative estimate of drug-likeness (QED) is 0.391. The fraction of sp³-hybridized carbons (Fsp3) is 0.308. The molecule has 0 spiro atoms. The zero-order valence-electron chi connectivity index (χ0n) is 18.8. The molecule has 5 rings (SSSR count). The number of aliphatic hydroxyl groups is 1. The Hall–Kier alpha value is -2.64. The molecule has 0 saturated carbocycles. The lowest BCUT2D eigenvalue weighted by Gasteiger charge is -2.37. The molecule has 1 fully saturated rings. The van der Waals surface area contributed by atoms with Crippen molar-refractivity contribution in [3.8, 4) is 11.3 Å². The summed E-state index contributed by atoms with van der Waals surface area (Å²) >= 11 is 12.5. The maximum atomic E-state index is 10.6. The first-order valence-corrected chi connectivity index (χ1v) is 12.3. The van der Waals surface area contributed by atoms with E-state index in [1.165, 1.54) is 10.8 Å². The summed E-state index contributed by atoms with van der Waals surface area (Å²) in [6.07, 6.45) is 2.15. The van der Waals surface area contributed by atoms with Crippen LogP contribution in [0.3, 0.4) is 0 Å². The molecule has 0 radical (unpaired) electrons. The summed E-state index contributed by atoms with van der Waals surface area (Å²) in [5.74, 6) is 0. The monoisotopic (exact) mass is 495 g/mol. The Morgan fingerprint density at radius 1 is 0.912 bits per heavy atom. The summed E-state index contributed by atoms with van der Waals surface area (Å²) in [7, 11) is 0. The van der Waals surface area contributed by atoms with Gasteiger partial charge in [0.05, 0.1) is 28.0 Å². The number of aromatic nitrogens is 3. The Labute approximate surface area is 209 Å². The molecule has 1 atom stereocenters. The van der Waals surface area contributed by atoms with Crippen molar-refractivity contribution in [2.45, 2.75) is 19.1 Å². The number of hydrogen-bond acceptors (Lipinski definition) is 5. The van der Waals surface area contributed by atoms with Crippen LogP contribution in [0.15, 0.2) is 66.9 Å². The predicted octanol–water partition coefficient (Wildman–Crippen LogP) is 4.98. The van der Waals surface area contributed by atoms with Gasteiger partial charge < -0.3 is 10.0 Å². The molecule has 4 aromatic rings. The first-order valence-electron chi connectivity index (χ1n) is 11.6. The zero-order chi connectivity index (χ0) is 23.5. The number of halogens is 2. The number of rotatable bonds is 7. The minimum atomic E-state index is -0.422. The number of benzene rings is 3. The average Bonchev–Trinajstić information content (AvgIpc) is 3.34. The van der Waals surface area contributed by atoms with E-state index < -0.39 is 6.10 Å². The molecular weight excluding hydrogens is 469 g/mol. The number of fused-ring (bicyclic) bond motifs is 1. The van der Waals surface area contributed by atoms with E-state index in [4.69, 9.17) is 23.2 Å². The molecule has 1 aliphatic heterocycles. The lowest BCUT2D eigenvalue weighted by atomic mass is 10.1. The van der Waals surface area contributed by atoms with Crippen LogP contribution < -0.4 is 4.90 Å². The highest BCUT2D eigenvalue weighted by atomic mass is 35.5. The summed E-state index contributed by atoms with van der Waals surface area (Å²) in [4.78, 5) is 4.54. The third kappa shape index (κ3) is 5.20. The minimum Gasteiger partial charge on any atom is -0.392 e. The van der Waals surface area contributed by atoms with Crippen molar-refractivity contribution in [3.05, 3.63) is 76.9 Å². The van der Waals surface area contributed by atoms with E-state index >= 15 is 0 Å². The Morgan fingerprint density at radius 3 is 2.53 bits per heavy atom. The molecular formula is C26H27Cl2N5O.